The number of nitrogens with zero attached hydrogens (tertiary/aromatic N) is 2. The highest BCUT2D eigenvalue weighted by Crippen LogP contribution is 2.40. The summed E-state index contributed by atoms with van der Waals surface area (Å²) in [4.78, 5) is 16.5. The number of rotatable bonds is 6. The highest BCUT2D eigenvalue weighted by molar-refractivity contribution is 6.31. The van der Waals surface area contributed by atoms with Crippen LogP contribution in [0, 0.1) is 0 Å². The first-order valence-corrected chi connectivity index (χ1v) is 12.4. The predicted molar refractivity (Wildman–Crippen MR) is 136 cm³/mol. The van der Waals surface area contributed by atoms with Crippen LogP contribution in [0.5, 0.6) is 23.1 Å². The number of hydrogen-bond acceptors (Lipinski definition) is 5. The molecule has 0 saturated carbocycles. The highest BCUT2D eigenvalue weighted by atomic mass is 35.5. The normalized spacial score (nSPS) is 12.9. The molecule has 1 aliphatic rings. The van der Waals surface area contributed by atoms with Crippen molar-refractivity contribution in [2.75, 3.05) is 7.11 Å². The van der Waals surface area contributed by atoms with Gasteiger partial charge in [-0.15, -0.1) is 0 Å². The summed E-state index contributed by atoms with van der Waals surface area (Å²) < 4.78 is 98.8. The van der Waals surface area contributed by atoms with Crippen molar-refractivity contribution in [3.8, 4) is 34.4 Å². The summed E-state index contributed by atoms with van der Waals surface area (Å²) in [5.74, 6) is -0.225. The Kier molecular flexibility index (Phi) is 7.37. The van der Waals surface area contributed by atoms with E-state index in [0.717, 1.165) is 35.4 Å². The zero-order valence-corrected chi connectivity index (χ0v) is 21.8. The van der Waals surface area contributed by atoms with Gasteiger partial charge in [0.25, 0.3) is 0 Å². The number of fused-ring (bicyclic) bond motifs is 3. The molecular formula is C28H19ClF6N2O4. The first kappa shape index (κ1) is 28.3. The van der Waals surface area contributed by atoms with Crippen LogP contribution in [0.25, 0.3) is 11.3 Å². The van der Waals surface area contributed by atoms with Crippen LogP contribution in [0.1, 0.15) is 22.3 Å². The fraction of sp³-hybridized carbons (Fsp3) is 0.214. The molecule has 41 heavy (non-hydrogen) atoms. The molecule has 4 aromatic rings. The van der Waals surface area contributed by atoms with Gasteiger partial charge in [-0.3, -0.25) is 4.57 Å². The Bertz CT molecular complexity index is 1680. The zero-order chi connectivity index (χ0) is 29.5. The van der Waals surface area contributed by atoms with E-state index in [1.165, 1.54) is 17.7 Å². The van der Waals surface area contributed by atoms with E-state index in [1.807, 2.05) is 6.07 Å². The van der Waals surface area contributed by atoms with E-state index < -0.39 is 40.8 Å². The van der Waals surface area contributed by atoms with Crippen molar-refractivity contribution in [3.63, 3.8) is 0 Å². The van der Waals surface area contributed by atoms with Crippen LogP contribution < -0.4 is 19.9 Å². The van der Waals surface area contributed by atoms with Crippen LogP contribution in [-0.4, -0.2) is 16.7 Å². The van der Waals surface area contributed by atoms with E-state index in [4.69, 9.17) is 25.8 Å². The molecule has 0 amide bonds. The van der Waals surface area contributed by atoms with Gasteiger partial charge in [-0.1, -0.05) is 17.7 Å². The van der Waals surface area contributed by atoms with Gasteiger partial charge in [0.1, 0.15) is 23.9 Å². The third kappa shape index (κ3) is 5.97. The van der Waals surface area contributed by atoms with Gasteiger partial charge in [-0.2, -0.15) is 31.3 Å². The average Bonchev–Trinajstić information content (AvgIpc) is 2.91. The number of halogens is 7. The lowest BCUT2D eigenvalue weighted by Gasteiger charge is -2.22. The van der Waals surface area contributed by atoms with Crippen LogP contribution >= 0.6 is 11.6 Å². The van der Waals surface area contributed by atoms with Gasteiger partial charge in [-0.25, -0.2) is 4.79 Å². The zero-order valence-electron chi connectivity index (χ0n) is 21.1. The smallest absolute Gasteiger partial charge is 0.417 e. The molecule has 1 aromatic heterocycles. The van der Waals surface area contributed by atoms with Gasteiger partial charge >= 0.3 is 18.0 Å². The van der Waals surface area contributed by atoms with Crippen LogP contribution in [0.15, 0.2) is 65.5 Å². The first-order chi connectivity index (χ1) is 19.3. The maximum Gasteiger partial charge on any atom is 0.417 e. The standard InChI is InChI=1S/C28H19ClF6N2O4/c1-39-17-4-6-20-15(10-17)8-9-37-24(20)13-25(36-26(37)38)40-14-16-2-3-18(11-21(16)27(30,31)32)41-19-5-7-23(29)22(12-19)28(33,34)35/h2-7,10-13H,8-9,14H2,1H3. The molecule has 0 spiro atoms. The highest BCUT2D eigenvalue weighted by Gasteiger charge is 2.35. The van der Waals surface area contributed by atoms with E-state index in [9.17, 15) is 31.1 Å². The van der Waals surface area contributed by atoms with Gasteiger partial charge in [0.15, 0.2) is 0 Å². The largest absolute Gasteiger partial charge is 0.497 e. The Hall–Kier alpha value is -4.19. The second-order valence-electron chi connectivity index (χ2n) is 9.03. The molecule has 0 fully saturated rings. The molecular weight excluding hydrogens is 578 g/mol. The SMILES string of the molecule is COc1ccc2c(c1)CCn1c-2cc(OCc2ccc(Oc3ccc(Cl)c(C(F)(F)F)c3)cc2C(F)(F)F)nc1=O. The molecule has 6 nitrogen and oxygen atoms in total. The van der Waals surface area contributed by atoms with Crippen LogP contribution in [0.3, 0.4) is 0 Å². The molecule has 0 atom stereocenters. The van der Waals surface area contributed by atoms with Gasteiger partial charge < -0.3 is 14.2 Å². The monoisotopic (exact) mass is 596 g/mol. The molecule has 0 saturated heterocycles. The van der Waals surface area contributed by atoms with E-state index in [-0.39, 0.29) is 22.9 Å². The minimum atomic E-state index is -4.85. The number of alkyl halides is 6. The molecule has 0 bridgehead atoms. The Morgan fingerprint density at radius 2 is 1.54 bits per heavy atom. The Labute approximate surface area is 233 Å². The Balaban J connectivity index is 1.41. The third-order valence-corrected chi connectivity index (χ3v) is 6.75. The van der Waals surface area contributed by atoms with Gasteiger partial charge in [0.2, 0.25) is 5.88 Å². The lowest BCUT2D eigenvalue weighted by atomic mass is 9.97. The van der Waals surface area contributed by atoms with Gasteiger partial charge in [-0.05, 0) is 60.5 Å². The van der Waals surface area contributed by atoms with E-state index in [2.05, 4.69) is 4.98 Å². The second kappa shape index (κ2) is 10.7. The van der Waals surface area contributed by atoms with Crippen molar-refractivity contribution in [2.45, 2.75) is 31.9 Å². The molecule has 0 N–H and O–H groups in total. The molecule has 0 aliphatic carbocycles. The molecule has 13 heteroatoms. The summed E-state index contributed by atoms with van der Waals surface area (Å²) in [6.45, 7) is -0.237. The van der Waals surface area contributed by atoms with Crippen molar-refractivity contribution in [1.29, 1.82) is 0 Å². The number of ether oxygens (including phenoxy) is 3. The molecule has 214 valence electrons. The lowest BCUT2D eigenvalue weighted by Crippen LogP contribution is -2.28. The van der Waals surface area contributed by atoms with Gasteiger partial charge in [0, 0.05) is 23.7 Å². The number of aromatic nitrogens is 2. The summed E-state index contributed by atoms with van der Waals surface area (Å²) >= 11 is 5.59. The van der Waals surface area contributed by atoms with Crippen molar-refractivity contribution in [1.82, 2.24) is 9.55 Å². The summed E-state index contributed by atoms with van der Waals surface area (Å²) in [6.07, 6.45) is -9.06. The number of methoxy groups -OCH3 is 1. The summed E-state index contributed by atoms with van der Waals surface area (Å²) in [5, 5.41) is -0.577. The van der Waals surface area contributed by atoms with Crippen LogP contribution in [0.2, 0.25) is 5.02 Å². The Morgan fingerprint density at radius 1 is 0.878 bits per heavy atom. The Morgan fingerprint density at radius 3 is 2.22 bits per heavy atom. The van der Waals surface area contributed by atoms with Crippen LogP contribution in [-0.2, 0) is 31.9 Å². The fourth-order valence-corrected chi connectivity index (χ4v) is 4.69. The predicted octanol–water partition coefficient (Wildman–Crippen LogP) is 7.54. The topological polar surface area (TPSA) is 62.6 Å². The summed E-state index contributed by atoms with van der Waals surface area (Å²) in [6, 6.07) is 12.4. The molecule has 1 aliphatic heterocycles. The lowest BCUT2D eigenvalue weighted by molar-refractivity contribution is -0.139. The average molecular weight is 597 g/mol. The molecule has 2 heterocycles. The summed E-state index contributed by atoms with van der Waals surface area (Å²) in [7, 11) is 1.54. The van der Waals surface area contributed by atoms with Crippen molar-refractivity contribution in [2.24, 2.45) is 0 Å². The molecule has 5 rings (SSSR count). The second-order valence-corrected chi connectivity index (χ2v) is 9.44. The van der Waals surface area contributed by atoms with Crippen LogP contribution in [0.4, 0.5) is 26.3 Å². The van der Waals surface area contributed by atoms with Crippen molar-refractivity contribution < 1.29 is 40.6 Å². The molecule has 0 radical (unpaired) electrons. The molecule has 3 aromatic carbocycles. The van der Waals surface area contributed by atoms with E-state index in [0.29, 0.717) is 36.5 Å². The number of benzene rings is 3. The molecule has 0 unspecified atom stereocenters. The fourth-order valence-electron chi connectivity index (χ4n) is 4.47. The quantitative estimate of drug-likeness (QED) is 0.215. The van der Waals surface area contributed by atoms with Gasteiger partial charge in [0.05, 0.1) is 29.0 Å². The van der Waals surface area contributed by atoms with E-state index >= 15 is 0 Å². The van der Waals surface area contributed by atoms with Crippen molar-refractivity contribution in [3.05, 3.63) is 98.4 Å². The maximum absolute atomic E-state index is 13.9. The van der Waals surface area contributed by atoms with Crippen molar-refractivity contribution >= 4 is 11.6 Å². The minimum Gasteiger partial charge on any atom is -0.497 e. The minimum absolute atomic E-state index is 0.167. The first-order valence-electron chi connectivity index (χ1n) is 12.0. The number of hydrogen-bond donors (Lipinski definition) is 0. The third-order valence-electron chi connectivity index (χ3n) is 6.42. The number of aryl methyl sites for hydroxylation is 1. The maximum atomic E-state index is 13.9. The van der Waals surface area contributed by atoms with E-state index in [1.54, 1.807) is 12.1 Å². The summed E-state index contributed by atoms with van der Waals surface area (Å²) in [5.41, 5.74) is -1.06.